The number of ether oxygens (including phenoxy) is 1. The quantitative estimate of drug-likeness (QED) is 0.637. The summed E-state index contributed by atoms with van der Waals surface area (Å²) in [7, 11) is 0. The van der Waals surface area contributed by atoms with Gasteiger partial charge in [-0.05, 0) is 59.7 Å². The third-order valence-electron chi connectivity index (χ3n) is 4.68. The lowest BCUT2D eigenvalue weighted by molar-refractivity contribution is 0.317. The number of benzene rings is 2. The molecule has 0 aliphatic carbocycles. The summed E-state index contributed by atoms with van der Waals surface area (Å²) in [5, 5.41) is 11.2. The van der Waals surface area contributed by atoms with E-state index in [9.17, 15) is 0 Å². The van der Waals surface area contributed by atoms with Crippen LogP contribution in [0.4, 0.5) is 0 Å². The van der Waals surface area contributed by atoms with Gasteiger partial charge in [0.1, 0.15) is 5.75 Å². The van der Waals surface area contributed by atoms with Crippen LogP contribution in [0.3, 0.4) is 0 Å². The van der Waals surface area contributed by atoms with E-state index >= 15 is 0 Å². The Balaban J connectivity index is 0.00000126. The molecular weight excluding hydrogens is 332 g/mol. The lowest BCUT2D eigenvalue weighted by atomic mass is 9.87. The summed E-state index contributed by atoms with van der Waals surface area (Å²) in [6, 6.07) is 15.2. The van der Waals surface area contributed by atoms with Gasteiger partial charge in [-0.3, -0.25) is 0 Å². The molecule has 0 saturated heterocycles. The van der Waals surface area contributed by atoms with Gasteiger partial charge in [0, 0.05) is 12.8 Å². The van der Waals surface area contributed by atoms with Crippen LogP contribution in [0.5, 0.6) is 5.75 Å². The number of rotatable bonds is 6. The Kier molecular flexibility index (Phi) is 8.28. The van der Waals surface area contributed by atoms with Crippen molar-refractivity contribution >= 4 is 11.8 Å². The highest BCUT2D eigenvalue weighted by molar-refractivity contribution is 6.08. The lowest BCUT2D eigenvalue weighted by Gasteiger charge is -2.28. The van der Waals surface area contributed by atoms with Gasteiger partial charge in [0.15, 0.2) is 0 Å². The summed E-state index contributed by atoms with van der Waals surface area (Å²) < 4.78 is 5.69. The van der Waals surface area contributed by atoms with Crippen molar-refractivity contribution in [3.63, 3.8) is 0 Å². The molecule has 1 heterocycles. The topological polar surface area (TPSA) is 45.1 Å². The zero-order chi connectivity index (χ0) is 19.6. The number of allylic oxidation sites excluding steroid dienone is 2. The second-order valence-corrected chi connectivity index (χ2v) is 6.36. The van der Waals surface area contributed by atoms with Crippen molar-refractivity contribution in [3.8, 4) is 5.75 Å². The van der Waals surface area contributed by atoms with Crippen molar-refractivity contribution in [1.82, 2.24) is 5.32 Å². The average Bonchev–Trinajstić information content (AvgIpc) is 2.74. The molecule has 3 heteroatoms. The van der Waals surface area contributed by atoms with Crippen molar-refractivity contribution in [2.75, 3.05) is 13.2 Å². The van der Waals surface area contributed by atoms with Gasteiger partial charge in [-0.1, -0.05) is 57.2 Å². The van der Waals surface area contributed by atoms with Crippen LogP contribution >= 0.6 is 0 Å². The Bertz CT molecular complexity index is 762. The molecule has 1 atom stereocenters. The number of nitrogens with one attached hydrogen (secondary N) is 2. The Morgan fingerprint density at radius 1 is 1.19 bits per heavy atom. The van der Waals surface area contributed by atoms with Gasteiger partial charge in [-0.15, -0.1) is 0 Å². The lowest BCUT2D eigenvalue weighted by Crippen LogP contribution is -2.30. The van der Waals surface area contributed by atoms with E-state index in [1.165, 1.54) is 22.9 Å². The van der Waals surface area contributed by atoms with Gasteiger partial charge in [-0.25, -0.2) is 0 Å². The van der Waals surface area contributed by atoms with Crippen LogP contribution in [0.15, 0.2) is 48.5 Å². The van der Waals surface area contributed by atoms with Crippen LogP contribution in [0.25, 0.3) is 5.57 Å². The molecule has 27 heavy (non-hydrogen) atoms. The molecule has 0 unspecified atom stereocenters. The van der Waals surface area contributed by atoms with E-state index in [0.29, 0.717) is 0 Å². The standard InChI is InChI=1S/C22H26N2O.C2H6/c1-3-13-25-20-8-5-17(6-9-20)22-21-10-7-18(16(4-2)15-23)14-19(21)11-12-24-22;1-2/h4-10,14-15,22-24H,3,11-13H2,1-2H3;1-2H3/b16-4+,23-15?;/t22-;/m0./s1. The molecule has 0 fully saturated rings. The summed E-state index contributed by atoms with van der Waals surface area (Å²) in [6.07, 6.45) is 5.45. The number of fused-ring (bicyclic) bond motifs is 1. The molecule has 2 aromatic rings. The van der Waals surface area contributed by atoms with E-state index in [1.807, 2.05) is 26.8 Å². The molecule has 3 rings (SSSR count). The third-order valence-corrected chi connectivity index (χ3v) is 4.68. The van der Waals surface area contributed by atoms with Gasteiger partial charge in [-0.2, -0.15) is 0 Å². The first kappa shape index (κ1) is 20.9. The summed E-state index contributed by atoms with van der Waals surface area (Å²) in [5.41, 5.74) is 6.05. The average molecular weight is 365 g/mol. The second kappa shape index (κ2) is 10.7. The SMILES string of the molecule is C/C=C(\C=N)c1ccc2c(c1)CCN[C@H]2c1ccc(OCCC)cc1.CC. The molecule has 2 N–H and O–H groups in total. The van der Waals surface area contributed by atoms with Crippen molar-refractivity contribution < 1.29 is 4.74 Å². The van der Waals surface area contributed by atoms with Gasteiger partial charge in [0.25, 0.3) is 0 Å². The minimum absolute atomic E-state index is 0.215. The Morgan fingerprint density at radius 3 is 2.56 bits per heavy atom. The molecule has 0 saturated carbocycles. The highest BCUT2D eigenvalue weighted by Crippen LogP contribution is 2.31. The molecule has 0 amide bonds. The molecule has 144 valence electrons. The first-order valence-corrected chi connectivity index (χ1v) is 10.0. The highest BCUT2D eigenvalue weighted by Gasteiger charge is 2.21. The summed E-state index contributed by atoms with van der Waals surface area (Å²) in [5.74, 6) is 0.931. The van der Waals surface area contributed by atoms with E-state index in [0.717, 1.165) is 42.9 Å². The summed E-state index contributed by atoms with van der Waals surface area (Å²) in [6.45, 7) is 9.81. The molecule has 2 aromatic carbocycles. The van der Waals surface area contributed by atoms with Crippen LogP contribution in [0.2, 0.25) is 0 Å². The van der Waals surface area contributed by atoms with E-state index in [4.69, 9.17) is 10.1 Å². The van der Waals surface area contributed by atoms with E-state index in [1.54, 1.807) is 0 Å². The van der Waals surface area contributed by atoms with Crippen molar-refractivity contribution in [2.24, 2.45) is 0 Å². The fourth-order valence-corrected chi connectivity index (χ4v) is 3.35. The van der Waals surface area contributed by atoms with Gasteiger partial charge in [0.2, 0.25) is 0 Å². The maximum Gasteiger partial charge on any atom is 0.119 e. The molecule has 3 nitrogen and oxygen atoms in total. The third kappa shape index (κ3) is 5.08. The normalized spacial score (nSPS) is 16.0. The van der Waals surface area contributed by atoms with Crippen molar-refractivity contribution in [3.05, 3.63) is 70.8 Å². The van der Waals surface area contributed by atoms with Crippen LogP contribution < -0.4 is 10.1 Å². The second-order valence-electron chi connectivity index (χ2n) is 6.36. The molecule has 0 spiro atoms. The minimum atomic E-state index is 0.215. The Labute approximate surface area is 164 Å². The fourth-order valence-electron chi connectivity index (χ4n) is 3.35. The van der Waals surface area contributed by atoms with E-state index in [2.05, 4.69) is 54.7 Å². The monoisotopic (exact) mass is 364 g/mol. The molecule has 0 aromatic heterocycles. The van der Waals surface area contributed by atoms with E-state index in [-0.39, 0.29) is 6.04 Å². The molecule has 0 bridgehead atoms. The zero-order valence-electron chi connectivity index (χ0n) is 17.0. The zero-order valence-corrected chi connectivity index (χ0v) is 17.0. The molecular formula is C24H32N2O. The smallest absolute Gasteiger partial charge is 0.119 e. The maximum atomic E-state index is 7.56. The fraction of sp³-hybridized carbons (Fsp3) is 0.375. The Hall–Kier alpha value is -2.39. The summed E-state index contributed by atoms with van der Waals surface area (Å²) >= 11 is 0. The Morgan fingerprint density at radius 2 is 1.93 bits per heavy atom. The first-order valence-electron chi connectivity index (χ1n) is 10.0. The minimum Gasteiger partial charge on any atom is -0.494 e. The maximum absolute atomic E-state index is 7.56. The summed E-state index contributed by atoms with van der Waals surface area (Å²) in [4.78, 5) is 0. The van der Waals surface area contributed by atoms with E-state index < -0.39 is 0 Å². The van der Waals surface area contributed by atoms with Gasteiger partial charge < -0.3 is 15.5 Å². The van der Waals surface area contributed by atoms with Crippen molar-refractivity contribution in [2.45, 2.75) is 46.6 Å². The van der Waals surface area contributed by atoms with Crippen molar-refractivity contribution in [1.29, 1.82) is 5.41 Å². The predicted octanol–water partition coefficient (Wildman–Crippen LogP) is 5.79. The van der Waals surface area contributed by atoms with Crippen LogP contribution in [0, 0.1) is 5.41 Å². The van der Waals surface area contributed by atoms with Crippen LogP contribution in [0.1, 0.15) is 62.4 Å². The first-order chi connectivity index (χ1) is 13.3. The molecule has 0 radical (unpaired) electrons. The van der Waals surface area contributed by atoms with Gasteiger partial charge >= 0.3 is 0 Å². The van der Waals surface area contributed by atoms with Crippen LogP contribution in [-0.4, -0.2) is 19.4 Å². The number of hydrogen-bond acceptors (Lipinski definition) is 3. The predicted molar refractivity (Wildman–Crippen MR) is 116 cm³/mol. The molecule has 1 aliphatic heterocycles. The van der Waals surface area contributed by atoms with Crippen LogP contribution in [-0.2, 0) is 6.42 Å². The largest absolute Gasteiger partial charge is 0.494 e. The number of hydrogen-bond donors (Lipinski definition) is 2. The van der Waals surface area contributed by atoms with Gasteiger partial charge in [0.05, 0.1) is 12.6 Å². The highest BCUT2D eigenvalue weighted by atomic mass is 16.5. The molecule has 1 aliphatic rings.